The Bertz CT molecular complexity index is 465. The molecule has 0 aromatic heterocycles. The number of hydrogen-bond acceptors (Lipinski definition) is 4. The fourth-order valence-electron chi connectivity index (χ4n) is 3.36. The van der Waals surface area contributed by atoms with E-state index >= 15 is 0 Å². The molecular weight excluding hydrogens is 419 g/mol. The molecule has 0 saturated heterocycles. The zero-order valence-corrected chi connectivity index (χ0v) is 23.5. The van der Waals surface area contributed by atoms with Crippen molar-refractivity contribution in [3.8, 4) is 0 Å². The SMILES string of the molecule is CCCCCCCC/C=C\CCCCCCCC(=O)NCCN(CC(=O)O)C(C)O.[H-].[K+]. The molecule has 0 spiro atoms. The first-order valence-electron chi connectivity index (χ1n) is 12.0. The summed E-state index contributed by atoms with van der Waals surface area (Å²) >= 11 is 0. The van der Waals surface area contributed by atoms with E-state index in [1.807, 2.05) is 0 Å². The summed E-state index contributed by atoms with van der Waals surface area (Å²) in [7, 11) is 0. The Balaban J connectivity index is -0.00000420. The number of carbonyl (C=O) groups is 2. The van der Waals surface area contributed by atoms with Crippen LogP contribution < -0.4 is 56.7 Å². The van der Waals surface area contributed by atoms with Crippen LogP contribution in [0, 0.1) is 0 Å². The topological polar surface area (TPSA) is 89.9 Å². The molecule has 0 fully saturated rings. The van der Waals surface area contributed by atoms with E-state index in [1.165, 1.54) is 69.6 Å². The van der Waals surface area contributed by atoms with Gasteiger partial charge in [0, 0.05) is 19.5 Å². The molecule has 0 aliphatic rings. The Labute approximate surface area is 234 Å². The van der Waals surface area contributed by atoms with Gasteiger partial charge in [-0.15, -0.1) is 0 Å². The molecule has 6 nitrogen and oxygen atoms in total. The van der Waals surface area contributed by atoms with E-state index in [0.29, 0.717) is 19.5 Å². The molecule has 7 heteroatoms. The molecule has 0 saturated carbocycles. The third kappa shape index (κ3) is 24.7. The summed E-state index contributed by atoms with van der Waals surface area (Å²) in [6, 6.07) is 0. The Kier molecular flexibility index (Phi) is 26.8. The zero-order chi connectivity index (χ0) is 22.5. The van der Waals surface area contributed by atoms with Crippen LogP contribution in [0.3, 0.4) is 0 Å². The molecule has 0 rings (SSSR count). The Hall–Kier alpha value is 0.236. The van der Waals surface area contributed by atoms with Crippen LogP contribution in [0.25, 0.3) is 0 Å². The van der Waals surface area contributed by atoms with Gasteiger partial charge in [0.1, 0.15) is 6.23 Å². The average Bonchev–Trinajstić information content (AvgIpc) is 2.69. The first-order chi connectivity index (χ1) is 14.5. The van der Waals surface area contributed by atoms with Crippen molar-refractivity contribution in [2.75, 3.05) is 19.6 Å². The third-order valence-corrected chi connectivity index (χ3v) is 5.25. The summed E-state index contributed by atoms with van der Waals surface area (Å²) in [5, 5.41) is 21.1. The minimum absolute atomic E-state index is 0. The van der Waals surface area contributed by atoms with Crippen LogP contribution in [0.4, 0.5) is 0 Å². The number of rotatable bonds is 21. The zero-order valence-electron chi connectivity index (χ0n) is 21.4. The van der Waals surface area contributed by atoms with Crippen LogP contribution in [-0.2, 0) is 9.59 Å². The molecule has 1 unspecified atom stereocenters. The monoisotopic (exact) mass is 466 g/mol. The van der Waals surface area contributed by atoms with Gasteiger partial charge < -0.3 is 17.0 Å². The maximum atomic E-state index is 11.8. The molecule has 0 aromatic carbocycles. The van der Waals surface area contributed by atoms with Crippen LogP contribution in [0.2, 0.25) is 0 Å². The average molecular weight is 467 g/mol. The van der Waals surface area contributed by atoms with E-state index in [1.54, 1.807) is 0 Å². The van der Waals surface area contributed by atoms with Crippen molar-refractivity contribution < 1.29 is 72.6 Å². The minimum atomic E-state index is -0.990. The van der Waals surface area contributed by atoms with Crippen molar-refractivity contribution in [3.63, 3.8) is 0 Å². The Morgan fingerprint density at radius 2 is 1.45 bits per heavy atom. The maximum Gasteiger partial charge on any atom is 1.00 e. The van der Waals surface area contributed by atoms with Gasteiger partial charge in [-0.05, 0) is 39.0 Å². The first kappa shape index (κ1) is 33.4. The summed E-state index contributed by atoms with van der Waals surface area (Å²) in [6.45, 7) is 4.21. The maximum absolute atomic E-state index is 11.8. The van der Waals surface area contributed by atoms with Crippen LogP contribution in [0.15, 0.2) is 12.2 Å². The van der Waals surface area contributed by atoms with E-state index in [4.69, 9.17) is 5.11 Å². The predicted molar refractivity (Wildman–Crippen MR) is 124 cm³/mol. The van der Waals surface area contributed by atoms with E-state index < -0.39 is 12.2 Å². The number of aliphatic hydroxyl groups is 1. The van der Waals surface area contributed by atoms with E-state index in [0.717, 1.165) is 25.7 Å². The van der Waals surface area contributed by atoms with Crippen molar-refractivity contribution in [2.45, 2.75) is 110 Å². The van der Waals surface area contributed by atoms with Crippen molar-refractivity contribution >= 4 is 11.9 Å². The van der Waals surface area contributed by atoms with Crippen molar-refractivity contribution in [1.82, 2.24) is 10.2 Å². The molecule has 1 atom stereocenters. The number of allylic oxidation sites excluding steroid dienone is 2. The van der Waals surface area contributed by atoms with Crippen LogP contribution in [-0.4, -0.2) is 52.9 Å². The third-order valence-electron chi connectivity index (χ3n) is 5.25. The Morgan fingerprint density at radius 3 is 1.97 bits per heavy atom. The fourth-order valence-corrected chi connectivity index (χ4v) is 3.36. The molecule has 3 N–H and O–H groups in total. The number of carboxylic acids is 1. The molecule has 0 bridgehead atoms. The van der Waals surface area contributed by atoms with Crippen molar-refractivity contribution in [1.29, 1.82) is 0 Å². The van der Waals surface area contributed by atoms with Gasteiger partial charge in [-0.2, -0.15) is 0 Å². The predicted octanol–water partition coefficient (Wildman–Crippen LogP) is 1.98. The second kappa shape index (κ2) is 24.9. The van der Waals surface area contributed by atoms with Crippen LogP contribution >= 0.6 is 0 Å². The number of carboxylic acid groups (broad SMARTS) is 1. The summed E-state index contributed by atoms with van der Waals surface area (Å²) < 4.78 is 0. The number of nitrogens with one attached hydrogen (secondary N) is 1. The number of aliphatic hydroxyl groups excluding tert-OH is 1. The standard InChI is InChI=1S/C24H46N2O4.K.H/c1-3-4-5-6-7-8-9-10-11-12-13-14-15-16-17-18-23(28)25-19-20-26(22(2)27)21-24(29)30;;/h10-11,22,27H,3-9,12-21H2,1-2H3,(H,25,28)(H,29,30);;/q;+1;-1/b11-10-;;. The van der Waals surface area contributed by atoms with Gasteiger partial charge in [-0.1, -0.05) is 70.4 Å². The second-order valence-corrected chi connectivity index (χ2v) is 8.18. The summed E-state index contributed by atoms with van der Waals surface area (Å²) in [4.78, 5) is 24.0. The fraction of sp³-hybridized carbons (Fsp3) is 0.833. The number of carbonyl (C=O) groups excluding carboxylic acids is 1. The van der Waals surface area contributed by atoms with Crippen molar-refractivity contribution in [2.24, 2.45) is 0 Å². The van der Waals surface area contributed by atoms with Gasteiger partial charge in [-0.25, -0.2) is 0 Å². The minimum Gasteiger partial charge on any atom is -1.00 e. The van der Waals surface area contributed by atoms with E-state index in [9.17, 15) is 14.7 Å². The largest absolute Gasteiger partial charge is 1.00 e. The number of aliphatic carboxylic acids is 1. The molecule has 0 aliphatic heterocycles. The first-order valence-corrected chi connectivity index (χ1v) is 12.0. The molecule has 0 heterocycles. The quantitative estimate of drug-likeness (QED) is 0.104. The second-order valence-electron chi connectivity index (χ2n) is 8.18. The van der Waals surface area contributed by atoms with E-state index in [-0.39, 0.29) is 65.3 Å². The number of nitrogens with zero attached hydrogens (tertiary/aromatic N) is 1. The molecular formula is C24H47KN2O4. The van der Waals surface area contributed by atoms with Gasteiger partial charge in [0.05, 0.1) is 6.54 Å². The molecule has 31 heavy (non-hydrogen) atoms. The normalized spacial score (nSPS) is 12.1. The smallest absolute Gasteiger partial charge is 1.00 e. The summed E-state index contributed by atoms with van der Waals surface area (Å²) in [6.07, 6.45) is 20.4. The molecule has 0 aliphatic carbocycles. The van der Waals surface area contributed by atoms with Gasteiger partial charge in [-0.3, -0.25) is 14.5 Å². The van der Waals surface area contributed by atoms with Crippen LogP contribution in [0.5, 0.6) is 0 Å². The van der Waals surface area contributed by atoms with E-state index in [2.05, 4.69) is 24.4 Å². The van der Waals surface area contributed by atoms with Gasteiger partial charge >= 0.3 is 57.4 Å². The summed E-state index contributed by atoms with van der Waals surface area (Å²) in [5.41, 5.74) is 0. The van der Waals surface area contributed by atoms with Gasteiger partial charge in [0.25, 0.3) is 0 Å². The Morgan fingerprint density at radius 1 is 0.935 bits per heavy atom. The van der Waals surface area contributed by atoms with Gasteiger partial charge in [0.2, 0.25) is 5.91 Å². The van der Waals surface area contributed by atoms with Crippen LogP contribution in [0.1, 0.15) is 105 Å². The molecule has 0 aromatic rings. The number of amides is 1. The summed E-state index contributed by atoms with van der Waals surface area (Å²) in [5.74, 6) is -0.996. The number of hydrogen-bond donors (Lipinski definition) is 3. The van der Waals surface area contributed by atoms with Gasteiger partial charge in [0.15, 0.2) is 0 Å². The molecule has 178 valence electrons. The molecule has 1 amide bonds. The van der Waals surface area contributed by atoms with Crippen molar-refractivity contribution in [3.05, 3.63) is 12.2 Å². The number of unbranched alkanes of at least 4 members (excludes halogenated alkanes) is 11. The molecule has 0 radical (unpaired) electrons.